The molecule has 0 N–H and O–H groups in total. The Balaban J connectivity index is 1.98. The van der Waals surface area contributed by atoms with Gasteiger partial charge in [-0.2, -0.15) is 0 Å². The van der Waals surface area contributed by atoms with Gasteiger partial charge >= 0.3 is 5.63 Å². The fourth-order valence-electron chi connectivity index (χ4n) is 2.49. The van der Waals surface area contributed by atoms with Gasteiger partial charge in [0, 0.05) is 5.39 Å². The largest absolute Gasteiger partial charge is 0.422 e. The van der Waals surface area contributed by atoms with Crippen molar-refractivity contribution in [3.8, 4) is 11.3 Å². The highest BCUT2D eigenvalue weighted by atomic mass is 16.4. The van der Waals surface area contributed by atoms with Gasteiger partial charge in [0.25, 0.3) is 0 Å². The summed E-state index contributed by atoms with van der Waals surface area (Å²) in [7, 11) is 0. The predicted molar refractivity (Wildman–Crippen MR) is 85.8 cm³/mol. The molecule has 4 heteroatoms. The highest BCUT2D eigenvalue weighted by molar-refractivity contribution is 5.82. The van der Waals surface area contributed by atoms with Crippen molar-refractivity contribution in [2.24, 2.45) is 0 Å². The second-order valence-corrected chi connectivity index (χ2v) is 5.23. The van der Waals surface area contributed by atoms with Crippen LogP contribution >= 0.6 is 0 Å². The van der Waals surface area contributed by atoms with E-state index in [4.69, 9.17) is 4.42 Å². The molecule has 0 unspecified atom stereocenters. The maximum Gasteiger partial charge on any atom is 0.345 e. The van der Waals surface area contributed by atoms with Gasteiger partial charge in [0.1, 0.15) is 5.58 Å². The molecule has 4 nitrogen and oxygen atoms in total. The van der Waals surface area contributed by atoms with Crippen molar-refractivity contribution in [2.45, 2.75) is 6.92 Å². The van der Waals surface area contributed by atoms with Crippen LogP contribution in [-0.2, 0) is 0 Å². The molecule has 4 rings (SSSR count). The quantitative estimate of drug-likeness (QED) is 0.501. The monoisotopic (exact) mass is 288 g/mol. The number of fused-ring (bicyclic) bond motifs is 2. The summed E-state index contributed by atoms with van der Waals surface area (Å²) < 4.78 is 5.36. The lowest BCUT2D eigenvalue weighted by atomic mass is 10.1. The van der Waals surface area contributed by atoms with E-state index in [-0.39, 0.29) is 0 Å². The summed E-state index contributed by atoms with van der Waals surface area (Å²) >= 11 is 0. The van der Waals surface area contributed by atoms with Crippen LogP contribution < -0.4 is 5.63 Å². The summed E-state index contributed by atoms with van der Waals surface area (Å²) in [4.78, 5) is 21.1. The minimum Gasteiger partial charge on any atom is -0.422 e. The van der Waals surface area contributed by atoms with Crippen molar-refractivity contribution in [1.29, 1.82) is 0 Å². The molecule has 0 bridgehead atoms. The first-order valence-electron chi connectivity index (χ1n) is 6.97. The molecule has 0 amide bonds. The molecule has 0 aliphatic heterocycles. The smallest absolute Gasteiger partial charge is 0.345 e. The van der Waals surface area contributed by atoms with E-state index in [2.05, 4.69) is 9.97 Å². The molecule has 2 aromatic heterocycles. The minimum atomic E-state index is -0.403. The van der Waals surface area contributed by atoms with Gasteiger partial charge in [-0.3, -0.25) is 4.98 Å². The number of hydrogen-bond donors (Lipinski definition) is 0. The summed E-state index contributed by atoms with van der Waals surface area (Å²) in [6.45, 7) is 2.00. The maximum atomic E-state index is 12.2. The fourth-order valence-corrected chi connectivity index (χ4v) is 2.49. The highest BCUT2D eigenvalue weighted by Crippen LogP contribution is 2.21. The van der Waals surface area contributed by atoms with Gasteiger partial charge in [-0.25, -0.2) is 9.78 Å². The van der Waals surface area contributed by atoms with E-state index < -0.39 is 5.63 Å². The van der Waals surface area contributed by atoms with Gasteiger partial charge in [-0.15, -0.1) is 0 Å². The average Bonchev–Trinajstić information content (AvgIpc) is 2.53. The summed E-state index contributed by atoms with van der Waals surface area (Å²) in [5, 5.41) is 0.864. The Labute approximate surface area is 126 Å². The van der Waals surface area contributed by atoms with E-state index in [1.807, 2.05) is 43.3 Å². The Hall–Kier alpha value is -3.01. The van der Waals surface area contributed by atoms with Gasteiger partial charge in [-0.05, 0) is 36.8 Å². The lowest BCUT2D eigenvalue weighted by Gasteiger charge is -2.04. The van der Waals surface area contributed by atoms with Crippen LogP contribution in [0.4, 0.5) is 0 Å². The van der Waals surface area contributed by atoms with Gasteiger partial charge < -0.3 is 4.42 Å². The van der Waals surface area contributed by atoms with Gasteiger partial charge in [0.05, 0.1) is 28.5 Å². The van der Waals surface area contributed by atoms with Crippen molar-refractivity contribution in [2.75, 3.05) is 0 Å². The topological polar surface area (TPSA) is 56.0 Å². The number of nitrogens with zero attached hydrogens (tertiary/aromatic N) is 2. The maximum absolute atomic E-state index is 12.2. The standard InChI is InChI=1S/C18H12N2O2/c1-11-6-7-14-15(8-11)20-16(10-19-14)13-9-12-4-2-3-5-17(12)22-18(13)21/h2-10H,1H3. The van der Waals surface area contributed by atoms with Crippen LogP contribution in [-0.4, -0.2) is 9.97 Å². The van der Waals surface area contributed by atoms with Crippen molar-refractivity contribution in [3.05, 3.63) is 70.7 Å². The van der Waals surface area contributed by atoms with E-state index >= 15 is 0 Å². The summed E-state index contributed by atoms with van der Waals surface area (Å²) in [5.41, 5.74) is 3.79. The molecule has 106 valence electrons. The van der Waals surface area contributed by atoms with Crippen LogP contribution in [0.3, 0.4) is 0 Å². The molecule has 4 aromatic rings. The number of benzene rings is 2. The van der Waals surface area contributed by atoms with E-state index in [0.29, 0.717) is 16.8 Å². The normalized spacial score (nSPS) is 11.1. The van der Waals surface area contributed by atoms with E-state index in [1.54, 1.807) is 18.3 Å². The molecule has 0 atom stereocenters. The number of para-hydroxylation sites is 1. The zero-order valence-corrected chi connectivity index (χ0v) is 11.9. The Morgan fingerprint density at radius 2 is 1.86 bits per heavy atom. The fraction of sp³-hybridized carbons (Fsp3) is 0.0556. The number of aromatic nitrogens is 2. The molecule has 0 aliphatic rings. The van der Waals surface area contributed by atoms with Gasteiger partial charge in [-0.1, -0.05) is 24.3 Å². The van der Waals surface area contributed by atoms with E-state index in [9.17, 15) is 4.79 Å². The first-order valence-corrected chi connectivity index (χ1v) is 6.97. The highest BCUT2D eigenvalue weighted by Gasteiger charge is 2.10. The van der Waals surface area contributed by atoms with Crippen LogP contribution in [0.2, 0.25) is 0 Å². The van der Waals surface area contributed by atoms with Crippen LogP contribution in [0.15, 0.2) is 63.9 Å². The van der Waals surface area contributed by atoms with E-state index in [1.165, 1.54) is 0 Å². The van der Waals surface area contributed by atoms with Crippen molar-refractivity contribution < 1.29 is 4.42 Å². The molecule has 0 fully saturated rings. The molecule has 0 saturated carbocycles. The first kappa shape index (κ1) is 12.7. The molecular formula is C18H12N2O2. The van der Waals surface area contributed by atoms with E-state index in [0.717, 1.165) is 22.0 Å². The zero-order valence-electron chi connectivity index (χ0n) is 11.9. The van der Waals surface area contributed by atoms with Gasteiger partial charge in [0.2, 0.25) is 0 Å². The van der Waals surface area contributed by atoms with Gasteiger partial charge in [0.15, 0.2) is 0 Å². The predicted octanol–water partition coefficient (Wildman–Crippen LogP) is 3.71. The van der Waals surface area contributed by atoms with Crippen LogP contribution in [0.5, 0.6) is 0 Å². The third-order valence-corrected chi connectivity index (χ3v) is 3.62. The summed E-state index contributed by atoms with van der Waals surface area (Å²) in [5.74, 6) is 0. The molecule has 22 heavy (non-hydrogen) atoms. The minimum absolute atomic E-state index is 0.403. The molecule has 0 radical (unpaired) electrons. The molecule has 0 spiro atoms. The SMILES string of the molecule is Cc1ccc2ncc(-c3cc4ccccc4oc3=O)nc2c1. The Kier molecular flexibility index (Phi) is 2.76. The second kappa shape index (κ2) is 4.77. The van der Waals surface area contributed by atoms with Crippen LogP contribution in [0.25, 0.3) is 33.3 Å². The molecular weight excluding hydrogens is 276 g/mol. The number of hydrogen-bond acceptors (Lipinski definition) is 4. The lowest BCUT2D eigenvalue weighted by Crippen LogP contribution is -2.04. The van der Waals surface area contributed by atoms with Crippen molar-refractivity contribution >= 4 is 22.0 Å². The Bertz CT molecular complexity index is 1070. The van der Waals surface area contributed by atoms with Crippen molar-refractivity contribution in [3.63, 3.8) is 0 Å². The molecule has 0 saturated heterocycles. The zero-order chi connectivity index (χ0) is 15.1. The lowest BCUT2D eigenvalue weighted by molar-refractivity contribution is 0.563. The average molecular weight is 288 g/mol. The van der Waals surface area contributed by atoms with Crippen molar-refractivity contribution in [1.82, 2.24) is 9.97 Å². The Morgan fingerprint density at radius 1 is 1.00 bits per heavy atom. The Morgan fingerprint density at radius 3 is 2.77 bits per heavy atom. The van der Waals surface area contributed by atoms with Crippen LogP contribution in [0.1, 0.15) is 5.56 Å². The molecule has 0 aliphatic carbocycles. The first-order chi connectivity index (χ1) is 10.7. The second-order valence-electron chi connectivity index (χ2n) is 5.23. The third kappa shape index (κ3) is 2.05. The molecule has 2 heterocycles. The number of rotatable bonds is 1. The molecule has 2 aromatic carbocycles. The number of aryl methyl sites for hydroxylation is 1. The van der Waals surface area contributed by atoms with Crippen LogP contribution in [0, 0.1) is 6.92 Å². The third-order valence-electron chi connectivity index (χ3n) is 3.62. The summed E-state index contributed by atoms with van der Waals surface area (Å²) in [6.07, 6.45) is 1.61. The summed E-state index contributed by atoms with van der Waals surface area (Å²) in [6, 6.07) is 15.1.